The van der Waals surface area contributed by atoms with Crippen LogP contribution in [0, 0.1) is 13.8 Å². The van der Waals surface area contributed by atoms with Crippen LogP contribution in [-0.2, 0) is 19.6 Å². The summed E-state index contributed by atoms with van der Waals surface area (Å²) in [5.74, 6) is -0.601. The van der Waals surface area contributed by atoms with Crippen LogP contribution in [0.25, 0.3) is 5.76 Å². The van der Waals surface area contributed by atoms with Crippen LogP contribution in [0.5, 0.6) is 5.75 Å². The smallest absolute Gasteiger partial charge is 0.300 e. The van der Waals surface area contributed by atoms with E-state index in [0.717, 1.165) is 5.56 Å². The van der Waals surface area contributed by atoms with Crippen LogP contribution in [0.2, 0.25) is 0 Å². The number of nitrogens with two attached hydrogens (primary N) is 1. The van der Waals surface area contributed by atoms with Crippen LogP contribution in [0.4, 0.5) is 5.69 Å². The monoisotopic (exact) mass is 524 g/mol. The van der Waals surface area contributed by atoms with Gasteiger partial charge in [0.15, 0.2) is 0 Å². The number of aryl methyl sites for hydroxylation is 2. The number of aliphatic hydroxyl groups excluding tert-OH is 1. The average Bonchev–Trinajstić information content (AvgIpc) is 3.38. The van der Waals surface area contributed by atoms with Gasteiger partial charge in [0.05, 0.1) is 17.6 Å². The number of amides is 1. The summed E-state index contributed by atoms with van der Waals surface area (Å²) >= 11 is 0. The molecule has 1 aliphatic rings. The fourth-order valence-corrected chi connectivity index (χ4v) is 5.01. The van der Waals surface area contributed by atoms with Crippen LogP contribution in [0.15, 0.2) is 63.4 Å². The van der Waals surface area contributed by atoms with Crippen molar-refractivity contribution in [3.63, 3.8) is 0 Å². The maximum absolute atomic E-state index is 13.4. The second kappa shape index (κ2) is 9.53. The number of Topliss-reactive ketones (excluding diaryl/α,β-unsaturated/α-hetero) is 1. The van der Waals surface area contributed by atoms with Gasteiger partial charge in [-0.1, -0.05) is 13.8 Å². The number of anilines is 1. The third kappa shape index (κ3) is 4.65. The first kappa shape index (κ1) is 26.2. The van der Waals surface area contributed by atoms with E-state index < -0.39 is 27.8 Å². The molecule has 1 aliphatic heterocycles. The van der Waals surface area contributed by atoms with E-state index in [-0.39, 0.29) is 33.6 Å². The van der Waals surface area contributed by atoms with Gasteiger partial charge in [-0.3, -0.25) is 14.5 Å². The molecule has 1 saturated heterocycles. The maximum Gasteiger partial charge on any atom is 0.300 e. The van der Waals surface area contributed by atoms with Crippen molar-refractivity contribution in [1.29, 1.82) is 0 Å². The van der Waals surface area contributed by atoms with Gasteiger partial charge < -0.3 is 14.3 Å². The van der Waals surface area contributed by atoms with Crippen molar-refractivity contribution >= 4 is 33.2 Å². The summed E-state index contributed by atoms with van der Waals surface area (Å²) in [7, 11) is -2.40. The van der Waals surface area contributed by atoms with Gasteiger partial charge in [0.2, 0.25) is 10.0 Å². The number of carbonyl (C=O) groups is 2. The van der Waals surface area contributed by atoms with Gasteiger partial charge in [-0.05, 0) is 79.4 Å². The fourth-order valence-electron chi connectivity index (χ4n) is 4.49. The van der Waals surface area contributed by atoms with E-state index >= 15 is 0 Å². The second-order valence-corrected chi connectivity index (χ2v) is 10.8. The predicted molar refractivity (Wildman–Crippen MR) is 138 cm³/mol. The number of nitrogens with zero attached hydrogens (tertiary/aromatic N) is 1. The van der Waals surface area contributed by atoms with Crippen LogP contribution >= 0.6 is 0 Å². The third-order valence-electron chi connectivity index (χ3n) is 6.37. The highest BCUT2D eigenvalue weighted by Crippen LogP contribution is 2.44. The summed E-state index contributed by atoms with van der Waals surface area (Å²) in [5, 5.41) is 16.7. The van der Waals surface area contributed by atoms with E-state index in [1.54, 1.807) is 45.2 Å². The molecule has 194 valence electrons. The molecular weight excluding hydrogens is 496 g/mol. The number of methoxy groups -OCH3 is 1. The molecule has 2 heterocycles. The highest BCUT2D eigenvalue weighted by molar-refractivity contribution is 7.89. The average molecular weight is 525 g/mol. The molecule has 9 nitrogen and oxygen atoms in total. The zero-order valence-corrected chi connectivity index (χ0v) is 21.9. The molecule has 1 amide bonds. The Labute approximate surface area is 215 Å². The molecule has 10 heteroatoms. The van der Waals surface area contributed by atoms with E-state index in [9.17, 15) is 23.1 Å². The third-order valence-corrected chi connectivity index (χ3v) is 7.30. The lowest BCUT2D eigenvalue weighted by Crippen LogP contribution is -2.29. The normalized spacial score (nSPS) is 17.6. The molecule has 1 unspecified atom stereocenters. The fraction of sp³-hybridized carbons (Fsp3) is 0.259. The first-order valence-corrected chi connectivity index (χ1v) is 13.1. The number of rotatable bonds is 6. The topological polar surface area (TPSA) is 140 Å². The van der Waals surface area contributed by atoms with E-state index in [0.29, 0.717) is 22.6 Å². The highest BCUT2D eigenvalue weighted by Gasteiger charge is 2.48. The lowest BCUT2D eigenvalue weighted by Gasteiger charge is -2.24. The van der Waals surface area contributed by atoms with Crippen molar-refractivity contribution in [1.82, 2.24) is 0 Å². The lowest BCUT2D eigenvalue weighted by molar-refractivity contribution is -0.132. The summed E-state index contributed by atoms with van der Waals surface area (Å²) in [5.41, 5.74) is 1.96. The number of sulfonamides is 1. The number of ketones is 1. The molecule has 1 aromatic heterocycles. The van der Waals surface area contributed by atoms with Crippen molar-refractivity contribution in [2.24, 2.45) is 5.14 Å². The first-order chi connectivity index (χ1) is 17.3. The Morgan fingerprint density at radius 2 is 1.73 bits per heavy atom. The number of primary sulfonamides is 1. The first-order valence-electron chi connectivity index (χ1n) is 11.5. The number of hydrogen-bond donors (Lipinski definition) is 2. The van der Waals surface area contributed by atoms with Gasteiger partial charge in [-0.15, -0.1) is 0 Å². The van der Waals surface area contributed by atoms with E-state index in [1.165, 1.54) is 29.2 Å². The van der Waals surface area contributed by atoms with E-state index in [1.807, 2.05) is 13.8 Å². The van der Waals surface area contributed by atoms with Crippen molar-refractivity contribution in [3.8, 4) is 5.75 Å². The zero-order chi connectivity index (χ0) is 27.2. The number of hydrogen-bond acceptors (Lipinski definition) is 7. The minimum absolute atomic E-state index is 0.0605. The molecule has 3 N–H and O–H groups in total. The van der Waals surface area contributed by atoms with Gasteiger partial charge >= 0.3 is 0 Å². The van der Waals surface area contributed by atoms with E-state index in [4.69, 9.17) is 14.3 Å². The van der Waals surface area contributed by atoms with Gasteiger partial charge in [-0.2, -0.15) is 0 Å². The molecule has 2 aromatic carbocycles. The van der Waals surface area contributed by atoms with Crippen LogP contribution < -0.4 is 14.8 Å². The van der Waals surface area contributed by atoms with Crippen LogP contribution in [0.3, 0.4) is 0 Å². The van der Waals surface area contributed by atoms with E-state index in [2.05, 4.69) is 0 Å². The Kier molecular flexibility index (Phi) is 6.74. The summed E-state index contributed by atoms with van der Waals surface area (Å²) in [4.78, 5) is 27.7. The summed E-state index contributed by atoms with van der Waals surface area (Å²) < 4.78 is 34.7. The Bertz CT molecular complexity index is 1530. The van der Waals surface area contributed by atoms with Gasteiger partial charge in [0.1, 0.15) is 29.1 Å². The number of aliphatic hydroxyl groups is 1. The second-order valence-electron chi connectivity index (χ2n) is 9.22. The molecule has 0 aliphatic carbocycles. The van der Waals surface area contributed by atoms with Crippen molar-refractivity contribution in [2.75, 3.05) is 12.0 Å². The van der Waals surface area contributed by atoms with Gasteiger partial charge in [0, 0.05) is 11.3 Å². The Hall–Kier alpha value is -3.89. The molecule has 0 saturated carbocycles. The number of furan rings is 1. The minimum atomic E-state index is -3.96. The molecule has 1 fully saturated rings. The molecule has 1 atom stereocenters. The Morgan fingerprint density at radius 1 is 1.08 bits per heavy atom. The maximum atomic E-state index is 13.4. The van der Waals surface area contributed by atoms with Crippen molar-refractivity contribution < 1.29 is 32.3 Å². The number of carbonyl (C=O) groups excluding carboxylic acids is 2. The molecule has 0 bridgehead atoms. The summed E-state index contributed by atoms with van der Waals surface area (Å²) in [6, 6.07) is 11.0. The van der Waals surface area contributed by atoms with Crippen molar-refractivity contribution in [2.45, 2.75) is 44.6 Å². The molecule has 0 radical (unpaired) electrons. The molecule has 3 aromatic rings. The molecule has 0 spiro atoms. The van der Waals surface area contributed by atoms with Crippen molar-refractivity contribution in [3.05, 3.63) is 82.3 Å². The van der Waals surface area contributed by atoms with Crippen LogP contribution in [-0.4, -0.2) is 32.3 Å². The SMILES string of the molecule is COc1cc(C)c(/C(O)=C2\C(=O)C(=O)N(c3ccc(S(N)(=O)=O)cc3)C2c2ccc(C)o2)cc1C(C)C. The molecule has 4 rings (SSSR count). The quantitative estimate of drug-likeness (QED) is 0.278. The lowest BCUT2D eigenvalue weighted by atomic mass is 9.92. The summed E-state index contributed by atoms with van der Waals surface area (Å²) in [6.45, 7) is 7.45. The zero-order valence-electron chi connectivity index (χ0n) is 21.1. The molecular formula is C27H28N2O7S. The minimum Gasteiger partial charge on any atom is -0.507 e. The molecule has 37 heavy (non-hydrogen) atoms. The van der Waals surface area contributed by atoms with Crippen LogP contribution in [0.1, 0.15) is 54.0 Å². The Balaban J connectivity index is 1.95. The number of benzene rings is 2. The number of ether oxygens (including phenoxy) is 1. The Morgan fingerprint density at radius 3 is 2.24 bits per heavy atom. The standard InChI is InChI=1S/C27H28N2O7S/c1-14(2)19-13-20(15(3)12-22(19)35-5)25(30)23-24(21-11-6-16(4)36-21)29(27(32)26(23)31)17-7-9-18(10-8-17)37(28,33)34/h6-14,24,30H,1-5H3,(H2,28,33,34)/b25-23+. The van der Waals surface area contributed by atoms with Gasteiger partial charge in [0.25, 0.3) is 11.7 Å². The summed E-state index contributed by atoms with van der Waals surface area (Å²) in [6.07, 6.45) is 0. The van der Waals surface area contributed by atoms with Gasteiger partial charge in [-0.25, -0.2) is 13.6 Å². The largest absolute Gasteiger partial charge is 0.507 e. The highest BCUT2D eigenvalue weighted by atomic mass is 32.2. The predicted octanol–water partition coefficient (Wildman–Crippen LogP) is 4.30.